The number of aryl methyl sites for hydroxylation is 1. The number of H-pyrrole nitrogens is 1. The van der Waals surface area contributed by atoms with Gasteiger partial charge in [-0.2, -0.15) is 10.1 Å². The van der Waals surface area contributed by atoms with Crippen LogP contribution < -0.4 is 16.7 Å². The summed E-state index contributed by atoms with van der Waals surface area (Å²) < 4.78 is 2.75. The Hall–Kier alpha value is -3.46. The Balaban J connectivity index is 1.97. The molecule has 2 heterocycles. The molecule has 3 N–H and O–H groups in total. The van der Waals surface area contributed by atoms with Crippen LogP contribution in [0.25, 0.3) is 17.2 Å². The van der Waals surface area contributed by atoms with Crippen molar-refractivity contribution in [1.29, 1.82) is 0 Å². The van der Waals surface area contributed by atoms with E-state index >= 15 is 0 Å². The van der Waals surface area contributed by atoms with Crippen molar-refractivity contribution in [3.63, 3.8) is 0 Å². The summed E-state index contributed by atoms with van der Waals surface area (Å²) in [5.74, 6) is 0.259. The zero-order valence-electron chi connectivity index (χ0n) is 15.9. The molecule has 0 saturated carbocycles. The molecule has 28 heavy (non-hydrogen) atoms. The van der Waals surface area contributed by atoms with Crippen LogP contribution in [0.4, 0.5) is 5.95 Å². The number of rotatable bonds is 6. The van der Waals surface area contributed by atoms with Crippen LogP contribution >= 0.6 is 0 Å². The number of aliphatic hydroxyl groups is 1. The highest BCUT2D eigenvalue weighted by Crippen LogP contribution is 2.16. The van der Waals surface area contributed by atoms with E-state index in [2.05, 4.69) is 20.5 Å². The van der Waals surface area contributed by atoms with Gasteiger partial charge in [-0.25, -0.2) is 10.2 Å². The number of allylic oxidation sites excluding steroid dienone is 1. The SMILES string of the molecule is CC(C=Cc1ccccc1)=NNc1nc2c(c(=O)[nH]c(=O)n2C)n1CC(C)O. The average molecular weight is 382 g/mol. The minimum atomic E-state index is -0.724. The van der Waals surface area contributed by atoms with Crippen molar-refractivity contribution in [3.8, 4) is 0 Å². The third-order valence-electron chi connectivity index (χ3n) is 4.10. The van der Waals surface area contributed by atoms with Gasteiger partial charge in [0.2, 0.25) is 5.95 Å². The lowest BCUT2D eigenvalue weighted by molar-refractivity contribution is 0.175. The van der Waals surface area contributed by atoms with Crippen LogP contribution in [0.2, 0.25) is 0 Å². The number of aromatic amines is 1. The fourth-order valence-corrected chi connectivity index (χ4v) is 2.72. The molecule has 0 spiro atoms. The Kier molecular flexibility index (Phi) is 5.55. The Bertz CT molecular complexity index is 1150. The summed E-state index contributed by atoms with van der Waals surface area (Å²) in [5, 5.41) is 14.1. The molecule has 0 aliphatic carbocycles. The van der Waals surface area contributed by atoms with Gasteiger partial charge in [-0.1, -0.05) is 36.4 Å². The summed E-state index contributed by atoms with van der Waals surface area (Å²) in [6.07, 6.45) is 3.04. The summed E-state index contributed by atoms with van der Waals surface area (Å²) in [6.45, 7) is 3.54. The maximum absolute atomic E-state index is 12.3. The number of aromatic nitrogens is 4. The van der Waals surface area contributed by atoms with Crippen molar-refractivity contribution in [2.45, 2.75) is 26.5 Å². The maximum Gasteiger partial charge on any atom is 0.329 e. The van der Waals surface area contributed by atoms with E-state index < -0.39 is 17.4 Å². The van der Waals surface area contributed by atoms with Gasteiger partial charge in [0.05, 0.1) is 18.4 Å². The molecule has 3 aromatic rings. The zero-order chi connectivity index (χ0) is 20.3. The van der Waals surface area contributed by atoms with Gasteiger partial charge in [-0.15, -0.1) is 0 Å². The quantitative estimate of drug-likeness (QED) is 0.439. The van der Waals surface area contributed by atoms with Crippen LogP contribution in [0, 0.1) is 0 Å². The highest BCUT2D eigenvalue weighted by Gasteiger charge is 2.18. The lowest BCUT2D eigenvalue weighted by Crippen LogP contribution is -2.29. The number of nitrogens with one attached hydrogen (secondary N) is 2. The molecule has 0 radical (unpaired) electrons. The number of aliphatic hydroxyl groups excluding tert-OH is 1. The summed E-state index contributed by atoms with van der Waals surface area (Å²) >= 11 is 0. The normalized spacial score (nSPS) is 13.4. The summed E-state index contributed by atoms with van der Waals surface area (Å²) in [7, 11) is 1.52. The lowest BCUT2D eigenvalue weighted by atomic mass is 10.2. The first-order valence-corrected chi connectivity index (χ1v) is 8.78. The van der Waals surface area contributed by atoms with Crippen molar-refractivity contribution in [2.24, 2.45) is 12.1 Å². The van der Waals surface area contributed by atoms with Gasteiger partial charge in [0, 0.05) is 7.05 Å². The standard InChI is InChI=1S/C19H22N6O3/c1-12(9-10-14-7-5-4-6-8-14)22-23-18-20-16-15(25(18)11-13(2)26)17(27)21-19(28)24(16)3/h4-10,13,26H,11H2,1-3H3,(H,20,23)(H,21,27,28). The molecule has 2 aromatic heterocycles. The minimum absolute atomic E-state index is 0.120. The van der Waals surface area contributed by atoms with Crippen molar-refractivity contribution in [2.75, 3.05) is 5.43 Å². The number of hydrogen-bond donors (Lipinski definition) is 3. The molecule has 0 aliphatic heterocycles. The van der Waals surface area contributed by atoms with Crippen LogP contribution in [0.5, 0.6) is 0 Å². The van der Waals surface area contributed by atoms with E-state index in [0.717, 1.165) is 5.56 Å². The van der Waals surface area contributed by atoms with Crippen LogP contribution in [-0.4, -0.2) is 36.0 Å². The van der Waals surface area contributed by atoms with E-state index in [1.165, 1.54) is 16.2 Å². The van der Waals surface area contributed by atoms with Gasteiger partial charge < -0.3 is 9.67 Å². The Morgan fingerprint density at radius 3 is 2.75 bits per heavy atom. The first kappa shape index (κ1) is 19.3. The third kappa shape index (κ3) is 4.09. The molecular weight excluding hydrogens is 360 g/mol. The van der Waals surface area contributed by atoms with E-state index in [1.807, 2.05) is 49.4 Å². The Labute approximate surface area is 160 Å². The van der Waals surface area contributed by atoms with Gasteiger partial charge in [-0.05, 0) is 25.5 Å². The molecule has 0 aliphatic rings. The molecule has 9 heteroatoms. The molecule has 1 aromatic carbocycles. The fraction of sp³-hybridized carbons (Fsp3) is 0.263. The van der Waals surface area contributed by atoms with E-state index in [1.54, 1.807) is 6.92 Å². The molecule has 0 fully saturated rings. The average Bonchev–Trinajstić information content (AvgIpc) is 3.02. The monoisotopic (exact) mass is 382 g/mol. The van der Waals surface area contributed by atoms with Crippen LogP contribution in [0.3, 0.4) is 0 Å². The van der Waals surface area contributed by atoms with Gasteiger partial charge in [0.1, 0.15) is 0 Å². The van der Waals surface area contributed by atoms with Crippen molar-refractivity contribution < 1.29 is 5.11 Å². The number of nitrogens with zero attached hydrogens (tertiary/aromatic N) is 4. The third-order valence-corrected chi connectivity index (χ3v) is 4.10. The molecule has 146 valence electrons. The maximum atomic E-state index is 12.3. The van der Waals surface area contributed by atoms with Gasteiger partial charge in [0.25, 0.3) is 5.56 Å². The molecule has 0 amide bonds. The molecule has 1 unspecified atom stereocenters. The van der Waals surface area contributed by atoms with E-state index in [9.17, 15) is 14.7 Å². The summed E-state index contributed by atoms with van der Waals surface area (Å²) in [5.41, 5.74) is 3.83. The van der Waals surface area contributed by atoms with Gasteiger partial charge in [0.15, 0.2) is 11.2 Å². The van der Waals surface area contributed by atoms with Crippen molar-refractivity contribution in [3.05, 3.63) is 62.8 Å². The second-order valence-electron chi connectivity index (χ2n) is 6.49. The molecule has 9 nitrogen and oxygen atoms in total. The second kappa shape index (κ2) is 8.05. The Morgan fingerprint density at radius 1 is 1.36 bits per heavy atom. The van der Waals surface area contributed by atoms with E-state index in [4.69, 9.17) is 0 Å². The van der Waals surface area contributed by atoms with Crippen LogP contribution in [-0.2, 0) is 13.6 Å². The number of fused-ring (bicyclic) bond motifs is 1. The molecule has 0 saturated heterocycles. The number of imidazole rings is 1. The van der Waals surface area contributed by atoms with Crippen LogP contribution in [0.15, 0.2) is 51.1 Å². The summed E-state index contributed by atoms with van der Waals surface area (Å²) in [4.78, 5) is 30.7. The predicted molar refractivity (Wildman–Crippen MR) is 109 cm³/mol. The van der Waals surface area contributed by atoms with Gasteiger partial charge >= 0.3 is 5.69 Å². The smallest absolute Gasteiger partial charge is 0.329 e. The van der Waals surface area contributed by atoms with Crippen molar-refractivity contribution in [1.82, 2.24) is 19.1 Å². The predicted octanol–water partition coefficient (Wildman–Crippen LogP) is 1.31. The lowest BCUT2D eigenvalue weighted by Gasteiger charge is -2.10. The summed E-state index contributed by atoms with van der Waals surface area (Å²) in [6, 6.07) is 9.80. The Morgan fingerprint density at radius 2 is 2.07 bits per heavy atom. The first-order chi connectivity index (χ1) is 13.4. The van der Waals surface area contributed by atoms with Crippen LogP contribution in [0.1, 0.15) is 19.4 Å². The van der Waals surface area contributed by atoms with E-state index in [0.29, 0.717) is 5.71 Å². The molecule has 0 bridgehead atoms. The minimum Gasteiger partial charge on any atom is -0.392 e. The largest absolute Gasteiger partial charge is 0.392 e. The topological polar surface area (TPSA) is 117 Å². The molecular formula is C19H22N6O3. The highest BCUT2D eigenvalue weighted by atomic mass is 16.3. The van der Waals surface area contributed by atoms with Gasteiger partial charge in [-0.3, -0.25) is 14.3 Å². The fourth-order valence-electron chi connectivity index (χ4n) is 2.72. The molecule has 1 atom stereocenters. The number of hydrogen-bond acceptors (Lipinski definition) is 6. The molecule has 3 rings (SSSR count). The number of hydrazone groups is 1. The second-order valence-corrected chi connectivity index (χ2v) is 6.49. The highest BCUT2D eigenvalue weighted by molar-refractivity contribution is 5.96. The number of anilines is 1. The number of benzene rings is 1. The van der Waals surface area contributed by atoms with E-state index in [-0.39, 0.29) is 23.7 Å². The van der Waals surface area contributed by atoms with Crippen molar-refractivity contribution >= 4 is 28.9 Å². The zero-order valence-corrected chi connectivity index (χ0v) is 15.9. The first-order valence-electron chi connectivity index (χ1n) is 8.78.